The number of amides is 1. The number of hydroxylamine groups is 2. The maximum absolute atomic E-state index is 12.2. The van der Waals surface area contributed by atoms with E-state index < -0.39 is 18.1 Å². The monoisotopic (exact) mass is 286 g/mol. The van der Waals surface area contributed by atoms with Gasteiger partial charge in [-0.1, -0.05) is 0 Å². The van der Waals surface area contributed by atoms with Crippen LogP contribution < -0.4 is 0 Å². The Morgan fingerprint density at radius 1 is 1.25 bits per heavy atom. The Labute approximate surface area is 118 Å². The van der Waals surface area contributed by atoms with Crippen LogP contribution in [0.1, 0.15) is 32.1 Å². The Balaban J connectivity index is 1.84. The highest BCUT2D eigenvalue weighted by Crippen LogP contribution is 2.19. The normalized spacial score (nSPS) is 28.4. The summed E-state index contributed by atoms with van der Waals surface area (Å²) < 4.78 is 0. The number of rotatable bonds is 4. The number of piperidine rings is 1. The highest BCUT2D eigenvalue weighted by atomic mass is 16.7. The summed E-state index contributed by atoms with van der Waals surface area (Å²) in [4.78, 5) is 30.1. The molecule has 0 aromatic rings. The van der Waals surface area contributed by atoms with Crippen molar-refractivity contribution >= 4 is 11.9 Å². The highest BCUT2D eigenvalue weighted by molar-refractivity contribution is 5.84. The van der Waals surface area contributed by atoms with E-state index in [4.69, 9.17) is 9.94 Å². The molecule has 2 N–H and O–H groups in total. The first-order valence-electron chi connectivity index (χ1n) is 7.16. The first-order chi connectivity index (χ1) is 9.58. The van der Waals surface area contributed by atoms with E-state index in [0.29, 0.717) is 26.1 Å². The molecule has 0 aliphatic carbocycles. The van der Waals surface area contributed by atoms with Crippen LogP contribution in [-0.4, -0.2) is 70.4 Å². The van der Waals surface area contributed by atoms with Crippen LogP contribution in [0.3, 0.4) is 0 Å². The molecule has 2 atom stereocenters. The first kappa shape index (κ1) is 15.2. The molecule has 7 heteroatoms. The van der Waals surface area contributed by atoms with Gasteiger partial charge in [-0.3, -0.25) is 9.63 Å². The number of carboxylic acid groups (broad SMARTS) is 1. The van der Waals surface area contributed by atoms with Gasteiger partial charge in [0.1, 0.15) is 6.04 Å². The molecular weight excluding hydrogens is 264 g/mol. The van der Waals surface area contributed by atoms with E-state index in [-0.39, 0.29) is 18.7 Å². The van der Waals surface area contributed by atoms with Crippen LogP contribution >= 0.6 is 0 Å². The molecule has 0 aromatic heterocycles. The van der Waals surface area contributed by atoms with E-state index in [1.165, 1.54) is 4.90 Å². The minimum Gasteiger partial charge on any atom is -0.480 e. The van der Waals surface area contributed by atoms with Crippen molar-refractivity contribution in [2.45, 2.75) is 44.2 Å². The van der Waals surface area contributed by atoms with Crippen LogP contribution in [-0.2, 0) is 14.4 Å². The average molecular weight is 286 g/mol. The molecule has 2 aliphatic rings. The van der Waals surface area contributed by atoms with E-state index in [2.05, 4.69) is 0 Å². The number of aliphatic carboxylic acids is 1. The number of hydrogen-bond donors (Lipinski definition) is 2. The molecule has 0 saturated carbocycles. The van der Waals surface area contributed by atoms with Gasteiger partial charge in [0.25, 0.3) is 0 Å². The Kier molecular flexibility index (Phi) is 5.33. The van der Waals surface area contributed by atoms with Crippen LogP contribution in [0.5, 0.6) is 0 Å². The van der Waals surface area contributed by atoms with E-state index in [1.807, 2.05) is 0 Å². The van der Waals surface area contributed by atoms with Gasteiger partial charge in [0, 0.05) is 32.5 Å². The summed E-state index contributed by atoms with van der Waals surface area (Å²) in [5, 5.41) is 20.5. The summed E-state index contributed by atoms with van der Waals surface area (Å²) in [6.07, 6.45) is 2.26. The van der Waals surface area contributed by atoms with Crippen molar-refractivity contribution in [2.75, 3.05) is 26.2 Å². The summed E-state index contributed by atoms with van der Waals surface area (Å²) in [5.41, 5.74) is 0. The van der Waals surface area contributed by atoms with Crippen molar-refractivity contribution in [2.24, 2.45) is 0 Å². The number of nitrogens with zero attached hydrogens (tertiary/aromatic N) is 2. The standard InChI is InChI=1S/C13H22N2O5/c16-10-3-7-15(11(9-10)13(18)19)12(17)4-6-14-5-1-2-8-20-14/h10-11,16H,1-9H2,(H,18,19)/t10-,11+/m0/s1. The van der Waals surface area contributed by atoms with Gasteiger partial charge < -0.3 is 15.1 Å². The van der Waals surface area contributed by atoms with Crippen molar-refractivity contribution in [3.05, 3.63) is 0 Å². The van der Waals surface area contributed by atoms with Crippen LogP contribution in [0.25, 0.3) is 0 Å². The summed E-state index contributed by atoms with van der Waals surface area (Å²) in [6, 6.07) is -0.909. The Morgan fingerprint density at radius 3 is 2.70 bits per heavy atom. The van der Waals surface area contributed by atoms with E-state index in [0.717, 1.165) is 19.4 Å². The molecule has 0 bridgehead atoms. The van der Waals surface area contributed by atoms with Crippen LogP contribution in [0, 0.1) is 0 Å². The Bertz CT molecular complexity index is 357. The lowest BCUT2D eigenvalue weighted by Crippen LogP contribution is -2.51. The molecule has 2 saturated heterocycles. The van der Waals surface area contributed by atoms with Crippen LogP contribution in [0.2, 0.25) is 0 Å². The Morgan fingerprint density at radius 2 is 2.05 bits per heavy atom. The molecule has 1 amide bonds. The number of carbonyl (C=O) groups is 2. The molecule has 0 aromatic carbocycles. The second-order valence-electron chi connectivity index (χ2n) is 5.34. The fraction of sp³-hybridized carbons (Fsp3) is 0.846. The van der Waals surface area contributed by atoms with E-state index in [9.17, 15) is 14.7 Å². The van der Waals surface area contributed by atoms with Crippen molar-refractivity contribution < 1.29 is 24.6 Å². The highest BCUT2D eigenvalue weighted by Gasteiger charge is 2.35. The third kappa shape index (κ3) is 3.91. The molecule has 0 spiro atoms. The van der Waals surface area contributed by atoms with Gasteiger partial charge in [-0.25, -0.2) is 4.79 Å². The van der Waals surface area contributed by atoms with Crippen LogP contribution in [0.4, 0.5) is 0 Å². The fourth-order valence-corrected chi connectivity index (χ4v) is 2.67. The smallest absolute Gasteiger partial charge is 0.326 e. The zero-order valence-corrected chi connectivity index (χ0v) is 11.5. The Hall–Kier alpha value is -1.18. The van der Waals surface area contributed by atoms with E-state index in [1.54, 1.807) is 5.06 Å². The van der Waals surface area contributed by atoms with Gasteiger partial charge in [0.05, 0.1) is 12.7 Å². The SMILES string of the molecule is O=C(O)[C@H]1C[C@@H](O)CCN1C(=O)CCN1CCCCO1. The molecule has 2 fully saturated rings. The van der Waals surface area contributed by atoms with E-state index >= 15 is 0 Å². The lowest BCUT2D eigenvalue weighted by atomic mass is 9.99. The quantitative estimate of drug-likeness (QED) is 0.746. The lowest BCUT2D eigenvalue weighted by Gasteiger charge is -2.36. The molecule has 114 valence electrons. The molecule has 0 unspecified atom stereocenters. The second kappa shape index (κ2) is 7.01. The van der Waals surface area contributed by atoms with Crippen molar-refractivity contribution in [1.29, 1.82) is 0 Å². The van der Waals surface area contributed by atoms with Crippen molar-refractivity contribution in [1.82, 2.24) is 9.96 Å². The van der Waals surface area contributed by atoms with Gasteiger partial charge in [0.2, 0.25) is 5.91 Å². The number of aliphatic hydroxyl groups is 1. The lowest BCUT2D eigenvalue weighted by molar-refractivity contribution is -0.183. The molecule has 2 rings (SSSR count). The van der Waals surface area contributed by atoms with Crippen molar-refractivity contribution in [3.8, 4) is 0 Å². The van der Waals surface area contributed by atoms with Gasteiger partial charge in [-0.15, -0.1) is 0 Å². The summed E-state index contributed by atoms with van der Waals surface area (Å²) in [6.45, 7) is 2.29. The van der Waals surface area contributed by atoms with Gasteiger partial charge in [-0.05, 0) is 19.3 Å². The van der Waals surface area contributed by atoms with Gasteiger partial charge in [-0.2, -0.15) is 5.06 Å². The zero-order valence-electron chi connectivity index (χ0n) is 11.5. The minimum absolute atomic E-state index is 0.112. The zero-order chi connectivity index (χ0) is 14.5. The van der Waals surface area contributed by atoms with Gasteiger partial charge >= 0.3 is 5.97 Å². The average Bonchev–Trinajstić information content (AvgIpc) is 2.45. The van der Waals surface area contributed by atoms with Crippen molar-refractivity contribution in [3.63, 3.8) is 0 Å². The minimum atomic E-state index is -1.05. The second-order valence-corrected chi connectivity index (χ2v) is 5.34. The number of likely N-dealkylation sites (tertiary alicyclic amines) is 1. The molecule has 20 heavy (non-hydrogen) atoms. The maximum Gasteiger partial charge on any atom is 0.326 e. The molecular formula is C13H22N2O5. The number of carbonyl (C=O) groups excluding carboxylic acids is 1. The van der Waals surface area contributed by atoms with Gasteiger partial charge in [0.15, 0.2) is 0 Å². The predicted molar refractivity (Wildman–Crippen MR) is 69.8 cm³/mol. The third-order valence-corrected chi connectivity index (χ3v) is 3.83. The number of hydrogen-bond acceptors (Lipinski definition) is 5. The maximum atomic E-state index is 12.2. The summed E-state index contributed by atoms with van der Waals surface area (Å²) in [7, 11) is 0. The topological polar surface area (TPSA) is 90.3 Å². The summed E-state index contributed by atoms with van der Waals surface area (Å²) in [5.74, 6) is -1.23. The molecule has 7 nitrogen and oxygen atoms in total. The number of carboxylic acids is 1. The van der Waals surface area contributed by atoms with Crippen LogP contribution in [0.15, 0.2) is 0 Å². The number of aliphatic hydroxyl groups excluding tert-OH is 1. The fourth-order valence-electron chi connectivity index (χ4n) is 2.67. The first-order valence-corrected chi connectivity index (χ1v) is 7.16. The third-order valence-electron chi connectivity index (χ3n) is 3.83. The largest absolute Gasteiger partial charge is 0.480 e. The molecule has 0 radical (unpaired) electrons. The summed E-state index contributed by atoms with van der Waals surface area (Å²) >= 11 is 0. The predicted octanol–water partition coefficient (Wildman–Crippen LogP) is -0.160. The molecule has 2 aliphatic heterocycles. The molecule has 2 heterocycles.